The van der Waals surface area contributed by atoms with E-state index in [1.54, 1.807) is 0 Å². The van der Waals surface area contributed by atoms with Crippen LogP contribution in [0.25, 0.3) is 0 Å². The molecule has 2 aliphatic rings. The highest BCUT2D eigenvalue weighted by atomic mass is 15.5. The van der Waals surface area contributed by atoms with Crippen LogP contribution in [0.4, 0.5) is 0 Å². The van der Waals surface area contributed by atoms with Crippen LogP contribution in [-0.2, 0) is 0 Å². The van der Waals surface area contributed by atoms with Gasteiger partial charge in [-0.1, -0.05) is 19.3 Å². The molecule has 0 aromatic rings. The quantitative estimate of drug-likeness (QED) is 0.644. The lowest BCUT2D eigenvalue weighted by Gasteiger charge is -2.25. The average Bonchev–Trinajstić information content (AvgIpc) is 2.86. The predicted molar refractivity (Wildman–Crippen MR) is 43.2 cm³/mol. The molecule has 2 rings (SSSR count). The minimum absolute atomic E-state index is 0.111. The molecule has 0 radical (unpaired) electrons. The highest BCUT2D eigenvalue weighted by Gasteiger charge is 2.46. The van der Waals surface area contributed by atoms with Gasteiger partial charge in [-0.3, -0.25) is 0 Å². The minimum Gasteiger partial charge on any atom is -0.326 e. The van der Waals surface area contributed by atoms with Crippen molar-refractivity contribution in [3.63, 3.8) is 0 Å². The maximum atomic E-state index is 5.61. The summed E-state index contributed by atoms with van der Waals surface area (Å²) in [6.07, 6.45) is 6.64. The van der Waals surface area contributed by atoms with Gasteiger partial charge in [-0.15, -0.1) is 0 Å². The lowest BCUT2D eigenvalue weighted by atomic mass is 9.82. The zero-order valence-corrected chi connectivity index (χ0v) is 6.79. The van der Waals surface area contributed by atoms with Crippen LogP contribution in [0.1, 0.15) is 32.1 Å². The molecule has 0 unspecified atom stereocenters. The number of hydrogen-bond donors (Lipinski definition) is 1. The zero-order valence-electron chi connectivity index (χ0n) is 6.79. The minimum atomic E-state index is -0.111. The predicted octanol–water partition coefficient (Wildman–Crippen LogP) is 1.69. The summed E-state index contributed by atoms with van der Waals surface area (Å²) in [6.45, 7) is 0.623. The van der Waals surface area contributed by atoms with Gasteiger partial charge < -0.3 is 5.73 Å². The summed E-state index contributed by atoms with van der Waals surface area (Å²) in [5, 5.41) is 8.15. The third kappa shape index (κ3) is 1.18. The normalized spacial score (nSPS) is 28.8. The van der Waals surface area contributed by atoms with Crippen molar-refractivity contribution in [3.05, 3.63) is 0 Å². The highest BCUT2D eigenvalue weighted by molar-refractivity contribution is 5.00. The van der Waals surface area contributed by atoms with E-state index in [4.69, 9.17) is 5.73 Å². The molecule has 3 nitrogen and oxygen atoms in total. The van der Waals surface area contributed by atoms with Crippen molar-refractivity contribution in [1.29, 1.82) is 0 Å². The van der Waals surface area contributed by atoms with Gasteiger partial charge in [0, 0.05) is 12.5 Å². The lowest BCUT2D eigenvalue weighted by molar-refractivity contribution is 0.277. The van der Waals surface area contributed by atoms with Crippen LogP contribution in [0.5, 0.6) is 0 Å². The second-order valence-corrected chi connectivity index (χ2v) is 3.62. The van der Waals surface area contributed by atoms with Crippen molar-refractivity contribution >= 4 is 0 Å². The van der Waals surface area contributed by atoms with Gasteiger partial charge in [0.1, 0.15) is 0 Å². The fourth-order valence-electron chi connectivity index (χ4n) is 2.04. The van der Waals surface area contributed by atoms with Crippen LogP contribution < -0.4 is 5.73 Å². The van der Waals surface area contributed by atoms with Crippen LogP contribution in [0, 0.1) is 5.92 Å². The number of hydrogen-bond acceptors (Lipinski definition) is 3. The summed E-state index contributed by atoms with van der Waals surface area (Å²) < 4.78 is 0. The van der Waals surface area contributed by atoms with E-state index in [0.717, 1.165) is 0 Å². The molecule has 1 heterocycles. The maximum Gasteiger partial charge on any atom is 0.205 e. The molecule has 11 heavy (non-hydrogen) atoms. The van der Waals surface area contributed by atoms with Gasteiger partial charge in [0.05, 0.1) is 0 Å². The summed E-state index contributed by atoms with van der Waals surface area (Å²) in [4.78, 5) is 0. The molecule has 0 saturated heterocycles. The van der Waals surface area contributed by atoms with E-state index in [2.05, 4.69) is 10.2 Å². The van der Waals surface area contributed by atoms with E-state index in [9.17, 15) is 0 Å². The second-order valence-electron chi connectivity index (χ2n) is 3.62. The van der Waals surface area contributed by atoms with Crippen LogP contribution in [-0.4, -0.2) is 12.2 Å². The smallest absolute Gasteiger partial charge is 0.205 e. The van der Waals surface area contributed by atoms with Gasteiger partial charge >= 0.3 is 0 Å². The molecule has 0 bridgehead atoms. The summed E-state index contributed by atoms with van der Waals surface area (Å²) in [5.74, 6) is 0.668. The molecule has 1 aliphatic heterocycles. The molecule has 1 saturated carbocycles. The van der Waals surface area contributed by atoms with Gasteiger partial charge in [-0.05, 0) is 12.8 Å². The van der Waals surface area contributed by atoms with Crippen molar-refractivity contribution in [2.75, 3.05) is 6.54 Å². The Bertz CT molecular complexity index is 164. The van der Waals surface area contributed by atoms with E-state index < -0.39 is 0 Å². The fourth-order valence-corrected chi connectivity index (χ4v) is 2.04. The number of rotatable bonds is 2. The molecule has 1 aliphatic carbocycles. The monoisotopic (exact) mass is 153 g/mol. The summed E-state index contributed by atoms with van der Waals surface area (Å²) in [6, 6.07) is 0. The van der Waals surface area contributed by atoms with Gasteiger partial charge in [-0.2, -0.15) is 10.2 Å². The SMILES string of the molecule is NCC1(C2CCCCC2)N=N1. The molecular formula is C8H15N3. The Morgan fingerprint density at radius 3 is 2.27 bits per heavy atom. The third-order valence-electron chi connectivity index (χ3n) is 2.92. The third-order valence-corrected chi connectivity index (χ3v) is 2.92. The average molecular weight is 153 g/mol. The Kier molecular flexibility index (Phi) is 1.68. The van der Waals surface area contributed by atoms with E-state index in [-0.39, 0.29) is 5.66 Å². The molecular weight excluding hydrogens is 138 g/mol. The molecule has 0 aromatic heterocycles. The zero-order chi connectivity index (χ0) is 7.73. The Labute approximate surface area is 67.1 Å². The van der Waals surface area contributed by atoms with Crippen LogP contribution in [0.15, 0.2) is 10.2 Å². The molecule has 2 N–H and O–H groups in total. The van der Waals surface area contributed by atoms with Crippen molar-refractivity contribution in [2.24, 2.45) is 21.9 Å². The Balaban J connectivity index is 1.92. The molecule has 1 fully saturated rings. The van der Waals surface area contributed by atoms with Gasteiger partial charge in [0.2, 0.25) is 5.66 Å². The molecule has 0 spiro atoms. The molecule has 0 atom stereocenters. The maximum absolute atomic E-state index is 5.61. The van der Waals surface area contributed by atoms with Crippen LogP contribution in [0.2, 0.25) is 0 Å². The molecule has 0 amide bonds. The van der Waals surface area contributed by atoms with Crippen molar-refractivity contribution in [1.82, 2.24) is 0 Å². The van der Waals surface area contributed by atoms with Crippen molar-refractivity contribution < 1.29 is 0 Å². The number of nitrogens with two attached hydrogens (primary N) is 1. The largest absolute Gasteiger partial charge is 0.326 e. The lowest BCUT2D eigenvalue weighted by Crippen LogP contribution is -2.34. The first-order valence-electron chi connectivity index (χ1n) is 4.51. The Morgan fingerprint density at radius 2 is 1.82 bits per heavy atom. The second kappa shape index (κ2) is 2.55. The van der Waals surface area contributed by atoms with E-state index in [1.807, 2.05) is 0 Å². The molecule has 0 aromatic carbocycles. The topological polar surface area (TPSA) is 50.7 Å². The highest BCUT2D eigenvalue weighted by Crippen LogP contribution is 2.42. The molecule has 3 heteroatoms. The fraction of sp³-hybridized carbons (Fsp3) is 1.00. The first-order valence-corrected chi connectivity index (χ1v) is 4.51. The molecule has 62 valence electrons. The first-order chi connectivity index (χ1) is 5.37. The Morgan fingerprint density at radius 1 is 1.18 bits per heavy atom. The van der Waals surface area contributed by atoms with Crippen molar-refractivity contribution in [2.45, 2.75) is 37.8 Å². The van der Waals surface area contributed by atoms with E-state index >= 15 is 0 Å². The van der Waals surface area contributed by atoms with Crippen LogP contribution >= 0.6 is 0 Å². The van der Waals surface area contributed by atoms with Crippen LogP contribution in [0.3, 0.4) is 0 Å². The summed E-state index contributed by atoms with van der Waals surface area (Å²) in [7, 11) is 0. The van der Waals surface area contributed by atoms with Gasteiger partial charge in [0.25, 0.3) is 0 Å². The van der Waals surface area contributed by atoms with Gasteiger partial charge in [-0.25, -0.2) is 0 Å². The van der Waals surface area contributed by atoms with Crippen molar-refractivity contribution in [3.8, 4) is 0 Å². The standard InChI is InChI=1S/C8H15N3/c9-6-8(10-11-8)7-4-2-1-3-5-7/h7H,1-6,9H2. The Hall–Kier alpha value is -0.440. The van der Waals surface area contributed by atoms with Gasteiger partial charge in [0.15, 0.2) is 0 Å². The summed E-state index contributed by atoms with van der Waals surface area (Å²) >= 11 is 0. The first kappa shape index (κ1) is 7.22. The van der Waals surface area contributed by atoms with E-state index in [0.29, 0.717) is 12.5 Å². The summed E-state index contributed by atoms with van der Waals surface area (Å²) in [5.41, 5.74) is 5.50. The van der Waals surface area contributed by atoms with E-state index in [1.165, 1.54) is 32.1 Å². The number of nitrogens with zero attached hydrogens (tertiary/aromatic N) is 2.